The molecule has 2 N–H and O–H groups in total. The number of benzene rings is 1. The molecule has 1 atom stereocenters. The van der Waals surface area contributed by atoms with Gasteiger partial charge in [-0.1, -0.05) is 29.6 Å². The molecule has 0 aliphatic rings. The quantitative estimate of drug-likeness (QED) is 0.389. The van der Waals surface area contributed by atoms with Crippen LogP contribution in [-0.4, -0.2) is 33.7 Å². The van der Waals surface area contributed by atoms with Gasteiger partial charge in [0.15, 0.2) is 17.0 Å². The van der Waals surface area contributed by atoms with Crippen molar-refractivity contribution < 1.29 is 29.4 Å². The van der Waals surface area contributed by atoms with Crippen LogP contribution in [-0.2, 0) is 14.4 Å². The first-order valence-electron chi connectivity index (χ1n) is 7.09. The van der Waals surface area contributed by atoms with Gasteiger partial charge in [-0.3, -0.25) is 19.2 Å². The van der Waals surface area contributed by atoms with E-state index in [1.807, 2.05) is 0 Å². The van der Waals surface area contributed by atoms with E-state index in [4.69, 9.17) is 28.3 Å². The lowest BCUT2D eigenvalue weighted by Crippen LogP contribution is -2.45. The van der Waals surface area contributed by atoms with Crippen LogP contribution < -0.4 is 0 Å². The Morgan fingerprint density at radius 2 is 1.67 bits per heavy atom. The van der Waals surface area contributed by atoms with E-state index in [1.165, 1.54) is 18.2 Å². The topological polar surface area (TPSA) is 109 Å². The molecule has 0 saturated carbocycles. The summed E-state index contributed by atoms with van der Waals surface area (Å²) in [7, 11) is 0. The Kier molecular flexibility index (Phi) is 6.93. The maximum Gasteiger partial charge on any atom is 0.325 e. The van der Waals surface area contributed by atoms with Crippen LogP contribution in [0.1, 0.15) is 43.0 Å². The van der Waals surface area contributed by atoms with Crippen molar-refractivity contribution in [3.05, 3.63) is 33.8 Å². The van der Waals surface area contributed by atoms with E-state index in [2.05, 4.69) is 0 Å². The molecule has 0 heterocycles. The summed E-state index contributed by atoms with van der Waals surface area (Å²) in [6.07, 6.45) is -0.198. The number of aliphatic carboxylic acids is 2. The molecule has 0 radical (unpaired) electrons. The van der Waals surface area contributed by atoms with Crippen molar-refractivity contribution in [3.8, 4) is 0 Å². The zero-order valence-electron chi connectivity index (χ0n) is 12.8. The van der Waals surface area contributed by atoms with Crippen molar-refractivity contribution >= 4 is 46.7 Å². The van der Waals surface area contributed by atoms with E-state index >= 15 is 0 Å². The molecule has 0 bridgehead atoms. The molecule has 0 aliphatic carbocycles. The summed E-state index contributed by atoms with van der Waals surface area (Å²) >= 11 is 11.6. The number of Topliss-reactive ketones (excluding diaryl/α,β-unsaturated/α-hetero) is 2. The van der Waals surface area contributed by atoms with Gasteiger partial charge in [-0.15, -0.1) is 0 Å². The highest BCUT2D eigenvalue weighted by molar-refractivity contribution is 6.42. The molecule has 130 valence electrons. The Morgan fingerprint density at radius 1 is 1.04 bits per heavy atom. The average Bonchev–Trinajstić information content (AvgIpc) is 2.48. The Labute approximate surface area is 148 Å². The standard InChI is InChI=1S/C16H16Cl2O6/c1-9(19)16(15(23)24,7-3-2-4-13(20)21)14(22)10-5-6-11(17)12(18)8-10/h5-6,8H,2-4,7H2,1H3,(H,20,21)(H,23,24). The van der Waals surface area contributed by atoms with Gasteiger partial charge in [-0.05, 0) is 38.0 Å². The lowest BCUT2D eigenvalue weighted by molar-refractivity contribution is -0.151. The summed E-state index contributed by atoms with van der Waals surface area (Å²) in [5.74, 6) is -4.31. The van der Waals surface area contributed by atoms with Gasteiger partial charge in [0.25, 0.3) is 0 Å². The predicted octanol–water partition coefficient (Wildman–Crippen LogP) is 3.48. The fraction of sp³-hybridized carbons (Fsp3) is 0.375. The fourth-order valence-corrected chi connectivity index (χ4v) is 2.65. The largest absolute Gasteiger partial charge is 0.481 e. The molecule has 0 aromatic heterocycles. The van der Waals surface area contributed by atoms with Gasteiger partial charge in [-0.25, -0.2) is 0 Å². The summed E-state index contributed by atoms with van der Waals surface area (Å²) in [5.41, 5.74) is -2.31. The molecule has 24 heavy (non-hydrogen) atoms. The third-order valence-electron chi connectivity index (χ3n) is 3.73. The van der Waals surface area contributed by atoms with E-state index in [1.54, 1.807) is 0 Å². The minimum atomic E-state index is -2.27. The normalized spacial score (nSPS) is 13.1. The van der Waals surface area contributed by atoms with Gasteiger partial charge in [0, 0.05) is 12.0 Å². The lowest BCUT2D eigenvalue weighted by Gasteiger charge is -2.25. The molecule has 0 saturated heterocycles. The highest BCUT2D eigenvalue weighted by atomic mass is 35.5. The molecule has 1 unspecified atom stereocenters. The van der Waals surface area contributed by atoms with Crippen LogP contribution in [0, 0.1) is 5.41 Å². The maximum atomic E-state index is 12.7. The van der Waals surface area contributed by atoms with Gasteiger partial charge >= 0.3 is 11.9 Å². The minimum absolute atomic E-state index is 0.0414. The van der Waals surface area contributed by atoms with Crippen LogP contribution in [0.15, 0.2) is 18.2 Å². The van der Waals surface area contributed by atoms with Crippen LogP contribution in [0.5, 0.6) is 0 Å². The van der Waals surface area contributed by atoms with E-state index in [0.29, 0.717) is 0 Å². The average molecular weight is 375 g/mol. The highest BCUT2D eigenvalue weighted by Gasteiger charge is 2.50. The van der Waals surface area contributed by atoms with Crippen molar-refractivity contribution in [1.82, 2.24) is 0 Å². The third kappa shape index (κ3) is 4.33. The molecule has 0 aliphatic heterocycles. The second kappa shape index (κ2) is 8.26. The van der Waals surface area contributed by atoms with Crippen molar-refractivity contribution in [2.45, 2.75) is 32.6 Å². The van der Waals surface area contributed by atoms with E-state index < -0.39 is 28.9 Å². The summed E-state index contributed by atoms with van der Waals surface area (Å²) < 4.78 is 0. The number of hydrogen-bond acceptors (Lipinski definition) is 4. The second-order valence-electron chi connectivity index (χ2n) is 5.33. The summed E-state index contributed by atoms with van der Waals surface area (Å²) in [4.78, 5) is 47.0. The smallest absolute Gasteiger partial charge is 0.325 e. The number of ketones is 2. The second-order valence-corrected chi connectivity index (χ2v) is 6.14. The number of rotatable bonds is 9. The van der Waals surface area contributed by atoms with Crippen LogP contribution in [0.2, 0.25) is 10.0 Å². The van der Waals surface area contributed by atoms with Gasteiger partial charge in [0.05, 0.1) is 10.0 Å². The van der Waals surface area contributed by atoms with Crippen LogP contribution >= 0.6 is 23.2 Å². The minimum Gasteiger partial charge on any atom is -0.481 e. The molecule has 0 fully saturated rings. The first kappa shape index (κ1) is 20.1. The molecule has 8 heteroatoms. The Bertz CT molecular complexity index is 669. The molecule has 0 amide bonds. The summed E-state index contributed by atoms with van der Waals surface area (Å²) in [6, 6.07) is 3.85. The van der Waals surface area contributed by atoms with Crippen molar-refractivity contribution in [3.63, 3.8) is 0 Å². The zero-order chi connectivity index (χ0) is 18.5. The molecule has 0 spiro atoms. The molecular formula is C16H16Cl2O6. The number of unbranched alkanes of at least 4 members (excludes halogenated alkanes) is 1. The van der Waals surface area contributed by atoms with Gasteiger partial charge in [0.2, 0.25) is 0 Å². The monoisotopic (exact) mass is 374 g/mol. The summed E-state index contributed by atoms with van der Waals surface area (Å²) in [5, 5.41) is 18.4. The van der Waals surface area contributed by atoms with Crippen LogP contribution in [0.4, 0.5) is 0 Å². The molecule has 1 aromatic rings. The zero-order valence-corrected chi connectivity index (χ0v) is 14.4. The molecule has 1 aromatic carbocycles. The Morgan fingerprint density at radius 3 is 2.12 bits per heavy atom. The predicted molar refractivity (Wildman–Crippen MR) is 87.6 cm³/mol. The van der Waals surface area contributed by atoms with Gasteiger partial charge in [-0.2, -0.15) is 0 Å². The molecular weight excluding hydrogens is 359 g/mol. The number of carboxylic acid groups (broad SMARTS) is 2. The van der Waals surface area contributed by atoms with Crippen LogP contribution in [0.3, 0.4) is 0 Å². The van der Waals surface area contributed by atoms with E-state index in [-0.39, 0.29) is 41.3 Å². The molecule has 1 rings (SSSR count). The summed E-state index contributed by atoms with van der Waals surface area (Å²) in [6.45, 7) is 1.03. The maximum absolute atomic E-state index is 12.7. The highest BCUT2D eigenvalue weighted by Crippen LogP contribution is 2.33. The number of hydrogen-bond donors (Lipinski definition) is 2. The fourth-order valence-electron chi connectivity index (χ4n) is 2.35. The van der Waals surface area contributed by atoms with Crippen molar-refractivity contribution in [2.24, 2.45) is 5.41 Å². The third-order valence-corrected chi connectivity index (χ3v) is 4.47. The van der Waals surface area contributed by atoms with Gasteiger partial charge < -0.3 is 10.2 Å². The Hall–Kier alpha value is -1.92. The van der Waals surface area contributed by atoms with E-state index in [9.17, 15) is 24.3 Å². The van der Waals surface area contributed by atoms with Gasteiger partial charge in [0.1, 0.15) is 0 Å². The molecule has 6 nitrogen and oxygen atoms in total. The number of halogens is 2. The van der Waals surface area contributed by atoms with Crippen molar-refractivity contribution in [1.29, 1.82) is 0 Å². The van der Waals surface area contributed by atoms with Crippen LogP contribution in [0.25, 0.3) is 0 Å². The van der Waals surface area contributed by atoms with Crippen molar-refractivity contribution in [2.75, 3.05) is 0 Å². The Balaban J connectivity index is 3.18. The van der Waals surface area contributed by atoms with E-state index in [0.717, 1.165) is 6.92 Å². The first-order chi connectivity index (χ1) is 11.1. The SMILES string of the molecule is CC(=O)C(CCCCC(=O)O)(C(=O)O)C(=O)c1ccc(Cl)c(Cl)c1. The lowest BCUT2D eigenvalue weighted by atomic mass is 9.73. The number of carbonyl (C=O) groups is 4. The number of carbonyl (C=O) groups excluding carboxylic acids is 2. The number of carboxylic acids is 2. The first-order valence-corrected chi connectivity index (χ1v) is 7.84.